The van der Waals surface area contributed by atoms with Crippen LogP contribution in [0.1, 0.15) is 25.3 Å². The molecular weight excluding hydrogens is 257 g/mol. The highest BCUT2D eigenvalue weighted by atomic mass is 19.1. The predicted octanol–water partition coefficient (Wildman–Crippen LogP) is 1.65. The Morgan fingerprint density at radius 2 is 2.20 bits per heavy atom. The molecule has 1 aliphatic carbocycles. The number of benzene rings is 1. The summed E-state index contributed by atoms with van der Waals surface area (Å²) in [6.45, 7) is 3.36. The van der Waals surface area contributed by atoms with Gasteiger partial charge in [0.25, 0.3) is 0 Å². The quantitative estimate of drug-likeness (QED) is 0.797. The average molecular weight is 279 g/mol. The van der Waals surface area contributed by atoms with Crippen LogP contribution in [0.15, 0.2) is 18.2 Å². The summed E-state index contributed by atoms with van der Waals surface area (Å²) < 4.78 is 14.2. The lowest BCUT2D eigenvalue weighted by Crippen LogP contribution is -2.36. The SMILES string of the molecule is CCN(CC(=O)NC)c1ccc(CNC2CC2)cc1F. The normalized spacial score (nSPS) is 14.2. The van der Waals surface area contributed by atoms with Gasteiger partial charge in [0.05, 0.1) is 12.2 Å². The molecule has 0 aliphatic heterocycles. The molecule has 0 heterocycles. The molecule has 0 radical (unpaired) electrons. The van der Waals surface area contributed by atoms with Crippen molar-refractivity contribution in [1.29, 1.82) is 0 Å². The second kappa shape index (κ2) is 6.70. The fourth-order valence-corrected chi connectivity index (χ4v) is 2.09. The third kappa shape index (κ3) is 3.93. The summed E-state index contributed by atoms with van der Waals surface area (Å²) in [5.74, 6) is -0.392. The lowest BCUT2D eigenvalue weighted by molar-refractivity contribution is -0.119. The maximum absolute atomic E-state index is 14.2. The minimum absolute atomic E-state index is 0.120. The zero-order valence-electron chi connectivity index (χ0n) is 12.1. The molecule has 4 nitrogen and oxygen atoms in total. The minimum Gasteiger partial charge on any atom is -0.360 e. The molecule has 1 aromatic carbocycles. The molecule has 1 fully saturated rings. The number of likely N-dealkylation sites (N-methyl/N-ethyl adjacent to an activating group) is 2. The van der Waals surface area contributed by atoms with Gasteiger partial charge in [-0.25, -0.2) is 4.39 Å². The van der Waals surface area contributed by atoms with Gasteiger partial charge < -0.3 is 15.5 Å². The molecule has 1 saturated carbocycles. The summed E-state index contributed by atoms with van der Waals surface area (Å²) in [4.78, 5) is 13.2. The van der Waals surface area contributed by atoms with E-state index >= 15 is 0 Å². The second-order valence-electron chi connectivity index (χ2n) is 5.13. The molecule has 1 aromatic rings. The zero-order chi connectivity index (χ0) is 14.5. The Labute approximate surface area is 119 Å². The molecule has 2 rings (SSSR count). The highest BCUT2D eigenvalue weighted by molar-refractivity contribution is 5.81. The Hall–Kier alpha value is -1.62. The highest BCUT2D eigenvalue weighted by Gasteiger charge is 2.20. The predicted molar refractivity (Wildman–Crippen MR) is 78.2 cm³/mol. The molecular formula is C15H22FN3O. The van der Waals surface area contributed by atoms with Crippen molar-refractivity contribution in [3.05, 3.63) is 29.6 Å². The van der Waals surface area contributed by atoms with Crippen molar-refractivity contribution in [3.8, 4) is 0 Å². The fourth-order valence-electron chi connectivity index (χ4n) is 2.09. The van der Waals surface area contributed by atoms with Gasteiger partial charge in [-0.1, -0.05) is 6.07 Å². The first kappa shape index (κ1) is 14.8. The summed E-state index contributed by atoms with van der Waals surface area (Å²) >= 11 is 0. The number of amides is 1. The molecule has 0 atom stereocenters. The number of hydrogen-bond donors (Lipinski definition) is 2. The van der Waals surface area contributed by atoms with Crippen LogP contribution in [0.3, 0.4) is 0 Å². The van der Waals surface area contributed by atoms with E-state index in [1.165, 1.54) is 12.8 Å². The lowest BCUT2D eigenvalue weighted by atomic mass is 10.1. The number of halogens is 1. The Morgan fingerprint density at radius 3 is 2.75 bits per heavy atom. The van der Waals surface area contributed by atoms with Crippen LogP contribution in [-0.2, 0) is 11.3 Å². The largest absolute Gasteiger partial charge is 0.360 e. The number of carbonyl (C=O) groups is 1. The van der Waals surface area contributed by atoms with E-state index in [0.717, 1.165) is 5.56 Å². The second-order valence-corrected chi connectivity index (χ2v) is 5.13. The summed E-state index contributed by atoms with van der Waals surface area (Å²) in [6.07, 6.45) is 2.44. The van der Waals surface area contributed by atoms with Crippen LogP contribution >= 0.6 is 0 Å². The molecule has 1 aliphatic rings. The molecule has 0 saturated heterocycles. The van der Waals surface area contributed by atoms with Crippen molar-refractivity contribution < 1.29 is 9.18 Å². The van der Waals surface area contributed by atoms with Crippen LogP contribution in [0.2, 0.25) is 0 Å². The van der Waals surface area contributed by atoms with Crippen LogP contribution in [0.5, 0.6) is 0 Å². The Bertz CT molecular complexity index is 474. The fraction of sp³-hybridized carbons (Fsp3) is 0.533. The van der Waals surface area contributed by atoms with Gasteiger partial charge in [-0.05, 0) is 37.5 Å². The van der Waals surface area contributed by atoms with Crippen molar-refractivity contribution >= 4 is 11.6 Å². The molecule has 0 unspecified atom stereocenters. The van der Waals surface area contributed by atoms with Crippen LogP contribution in [-0.4, -0.2) is 32.1 Å². The van der Waals surface area contributed by atoms with Gasteiger partial charge in [0.15, 0.2) is 0 Å². The summed E-state index contributed by atoms with van der Waals surface area (Å²) in [7, 11) is 1.58. The summed E-state index contributed by atoms with van der Waals surface area (Å²) in [6, 6.07) is 5.83. The standard InChI is InChI=1S/C15H22FN3O/c1-3-19(10-15(20)17-2)14-7-4-11(8-13(14)16)9-18-12-5-6-12/h4,7-8,12,18H,3,5-6,9-10H2,1-2H3,(H,17,20). The number of hydrogen-bond acceptors (Lipinski definition) is 3. The number of carbonyl (C=O) groups excluding carboxylic acids is 1. The van der Waals surface area contributed by atoms with E-state index in [1.807, 2.05) is 13.0 Å². The molecule has 110 valence electrons. The molecule has 1 amide bonds. The van der Waals surface area contributed by atoms with Crippen molar-refractivity contribution in [3.63, 3.8) is 0 Å². The van der Waals surface area contributed by atoms with Crippen LogP contribution in [0, 0.1) is 5.82 Å². The molecule has 0 aromatic heterocycles. The highest BCUT2D eigenvalue weighted by Crippen LogP contribution is 2.22. The first-order valence-corrected chi connectivity index (χ1v) is 7.11. The smallest absolute Gasteiger partial charge is 0.239 e. The van der Waals surface area contributed by atoms with Gasteiger partial charge in [-0.3, -0.25) is 4.79 Å². The van der Waals surface area contributed by atoms with E-state index in [9.17, 15) is 9.18 Å². The van der Waals surface area contributed by atoms with E-state index < -0.39 is 0 Å². The van der Waals surface area contributed by atoms with Crippen molar-refractivity contribution in [1.82, 2.24) is 10.6 Å². The molecule has 0 spiro atoms. The molecule has 2 N–H and O–H groups in total. The Morgan fingerprint density at radius 1 is 1.45 bits per heavy atom. The van der Waals surface area contributed by atoms with Crippen molar-refractivity contribution in [2.75, 3.05) is 25.0 Å². The van der Waals surface area contributed by atoms with E-state index in [-0.39, 0.29) is 18.3 Å². The first-order chi connectivity index (χ1) is 9.63. The minimum atomic E-state index is -0.272. The number of anilines is 1. The monoisotopic (exact) mass is 279 g/mol. The number of nitrogens with one attached hydrogen (secondary N) is 2. The third-order valence-corrected chi connectivity index (χ3v) is 3.52. The van der Waals surface area contributed by atoms with Gasteiger partial charge in [0, 0.05) is 26.2 Å². The summed E-state index contributed by atoms with van der Waals surface area (Å²) in [5, 5.41) is 5.92. The molecule has 0 bridgehead atoms. The Balaban J connectivity index is 2.03. The topological polar surface area (TPSA) is 44.4 Å². The van der Waals surface area contributed by atoms with Crippen molar-refractivity contribution in [2.24, 2.45) is 0 Å². The van der Waals surface area contributed by atoms with E-state index in [1.54, 1.807) is 24.1 Å². The maximum Gasteiger partial charge on any atom is 0.239 e. The van der Waals surface area contributed by atoms with E-state index in [0.29, 0.717) is 24.8 Å². The van der Waals surface area contributed by atoms with Gasteiger partial charge >= 0.3 is 0 Å². The van der Waals surface area contributed by atoms with Crippen LogP contribution in [0.25, 0.3) is 0 Å². The average Bonchev–Trinajstić information content (AvgIpc) is 3.27. The van der Waals surface area contributed by atoms with Crippen molar-refractivity contribution in [2.45, 2.75) is 32.4 Å². The van der Waals surface area contributed by atoms with Crippen LogP contribution in [0.4, 0.5) is 10.1 Å². The summed E-state index contributed by atoms with van der Waals surface area (Å²) in [5.41, 5.74) is 1.42. The van der Waals surface area contributed by atoms with E-state index in [4.69, 9.17) is 0 Å². The lowest BCUT2D eigenvalue weighted by Gasteiger charge is -2.23. The third-order valence-electron chi connectivity index (χ3n) is 3.52. The molecule has 5 heteroatoms. The maximum atomic E-state index is 14.2. The zero-order valence-corrected chi connectivity index (χ0v) is 12.1. The van der Waals surface area contributed by atoms with Crippen LogP contribution < -0.4 is 15.5 Å². The number of rotatable bonds is 7. The Kier molecular flexibility index (Phi) is 4.95. The van der Waals surface area contributed by atoms with Gasteiger partial charge in [-0.2, -0.15) is 0 Å². The van der Waals surface area contributed by atoms with Gasteiger partial charge in [0.2, 0.25) is 5.91 Å². The van der Waals surface area contributed by atoms with E-state index in [2.05, 4.69) is 10.6 Å². The first-order valence-electron chi connectivity index (χ1n) is 7.11. The van der Waals surface area contributed by atoms with Gasteiger partial charge in [-0.15, -0.1) is 0 Å². The van der Waals surface area contributed by atoms with Gasteiger partial charge in [0.1, 0.15) is 5.82 Å². The number of nitrogens with zero attached hydrogens (tertiary/aromatic N) is 1. The molecule has 20 heavy (non-hydrogen) atoms.